The lowest BCUT2D eigenvalue weighted by atomic mass is 9.78. The van der Waals surface area contributed by atoms with Gasteiger partial charge in [-0.2, -0.15) is 0 Å². The van der Waals surface area contributed by atoms with Gasteiger partial charge in [-0.1, -0.05) is 63.2 Å². The number of hydrogen-bond acceptors (Lipinski definition) is 8. The van der Waals surface area contributed by atoms with Crippen LogP contribution in [0.4, 0.5) is 5.69 Å². The van der Waals surface area contributed by atoms with E-state index >= 15 is 0 Å². The van der Waals surface area contributed by atoms with Gasteiger partial charge in [0.2, 0.25) is 0 Å². The fourth-order valence-electron chi connectivity index (χ4n) is 4.67. The van der Waals surface area contributed by atoms with Crippen LogP contribution in [0.25, 0.3) is 0 Å². The minimum atomic E-state index is -0.630. The molecule has 0 spiro atoms. The number of rotatable bonds is 16. The third-order valence-corrected chi connectivity index (χ3v) is 7.72. The zero-order chi connectivity index (χ0) is 30.7. The molecule has 3 N–H and O–H groups in total. The van der Waals surface area contributed by atoms with Crippen molar-refractivity contribution in [3.8, 4) is 11.5 Å². The molecular weight excluding hydrogens is 544 g/mol. The number of aliphatic hydroxyl groups excluding tert-OH is 2. The summed E-state index contributed by atoms with van der Waals surface area (Å²) in [6.07, 6.45) is 0.371. The Morgan fingerprint density at radius 3 is 1.77 bits per heavy atom. The van der Waals surface area contributed by atoms with Gasteiger partial charge in [-0.3, -0.25) is 0 Å². The summed E-state index contributed by atoms with van der Waals surface area (Å²) in [4.78, 5) is 2.15. The molecule has 43 heavy (non-hydrogen) atoms. The van der Waals surface area contributed by atoms with Gasteiger partial charge >= 0.3 is 0 Å². The summed E-state index contributed by atoms with van der Waals surface area (Å²) in [6, 6.07) is 26.2. The quantitative estimate of drug-likeness (QED) is 0.211. The van der Waals surface area contributed by atoms with Crippen LogP contribution in [0, 0.1) is 0 Å². The maximum Gasteiger partial charge on any atom is 0.119 e. The molecule has 4 atom stereocenters. The molecule has 0 bridgehead atoms. The predicted molar refractivity (Wildman–Crippen MR) is 170 cm³/mol. The lowest BCUT2D eigenvalue weighted by Crippen LogP contribution is -2.38. The molecule has 0 amide bonds. The number of nitrogens with one attached hydrogen (secondary N) is 1. The van der Waals surface area contributed by atoms with Crippen LogP contribution in [-0.2, 0) is 14.9 Å². The molecular formula is C35H48N2O6. The normalized spacial score (nSPS) is 18.6. The highest BCUT2D eigenvalue weighted by atomic mass is 16.6. The van der Waals surface area contributed by atoms with Crippen LogP contribution in [0.15, 0.2) is 78.9 Å². The lowest BCUT2D eigenvalue weighted by Gasteiger charge is -2.27. The number of hydrogen-bond donors (Lipinski definition) is 3. The van der Waals surface area contributed by atoms with E-state index in [2.05, 4.69) is 48.3 Å². The van der Waals surface area contributed by atoms with Gasteiger partial charge in [0.1, 0.15) is 30.8 Å². The van der Waals surface area contributed by atoms with E-state index in [0.717, 1.165) is 49.1 Å². The molecule has 234 valence electrons. The summed E-state index contributed by atoms with van der Waals surface area (Å²) < 4.78 is 21.9. The van der Waals surface area contributed by atoms with Crippen molar-refractivity contribution in [3.63, 3.8) is 0 Å². The zero-order valence-electron chi connectivity index (χ0n) is 25.9. The Morgan fingerprint density at radius 1 is 0.814 bits per heavy atom. The third kappa shape index (κ3) is 10.8. The van der Waals surface area contributed by atoms with Gasteiger partial charge < -0.3 is 39.4 Å². The van der Waals surface area contributed by atoms with Crippen LogP contribution >= 0.6 is 0 Å². The van der Waals surface area contributed by atoms with Gasteiger partial charge in [-0.05, 0) is 61.0 Å². The Bertz CT molecular complexity index is 1200. The Labute approximate surface area is 256 Å². The highest BCUT2D eigenvalue weighted by Gasteiger charge is 2.27. The van der Waals surface area contributed by atoms with Crippen molar-refractivity contribution >= 4 is 5.69 Å². The number of nitrogens with zero attached hydrogens (tertiary/aromatic N) is 1. The van der Waals surface area contributed by atoms with E-state index in [0.29, 0.717) is 25.7 Å². The first-order valence-corrected chi connectivity index (χ1v) is 15.3. The van der Waals surface area contributed by atoms with Crippen molar-refractivity contribution in [3.05, 3.63) is 90.0 Å². The molecule has 8 nitrogen and oxygen atoms in total. The first-order valence-electron chi connectivity index (χ1n) is 15.3. The summed E-state index contributed by atoms with van der Waals surface area (Å²) in [5.41, 5.74) is 3.19. The largest absolute Gasteiger partial charge is 0.491 e. The second kappa shape index (κ2) is 16.1. The molecule has 4 unspecified atom stereocenters. The average molecular weight is 593 g/mol. The summed E-state index contributed by atoms with van der Waals surface area (Å²) in [7, 11) is 1.93. The second-order valence-corrected chi connectivity index (χ2v) is 11.7. The van der Waals surface area contributed by atoms with Crippen molar-refractivity contribution in [2.75, 3.05) is 58.0 Å². The van der Waals surface area contributed by atoms with E-state index < -0.39 is 12.2 Å². The number of ether oxygens (including phenoxy) is 4. The molecule has 0 aromatic heterocycles. The Hall–Kier alpha value is -3.14. The summed E-state index contributed by atoms with van der Waals surface area (Å²) in [5, 5.41) is 23.4. The van der Waals surface area contributed by atoms with Gasteiger partial charge in [0, 0.05) is 30.7 Å². The van der Waals surface area contributed by atoms with Crippen molar-refractivity contribution in [1.29, 1.82) is 0 Å². The highest BCUT2D eigenvalue weighted by molar-refractivity contribution is 5.46. The lowest BCUT2D eigenvalue weighted by molar-refractivity contribution is 0.104. The standard InChI is InChI=1S/C31H39NO5.C4H9NO/c1-4-26(33)20-35-28-14-10-23(11-15-28)31(2,3)24-12-16-29(17-13-24)36-21-27(34)18-32(19-30-22-37-30)25-8-6-5-7-9-25;1-5-2-4-3-6-4/h5-17,26-27,30,33-34H,4,18-22H2,1-3H3;4-5H,2-3H2,1H3. The zero-order valence-corrected chi connectivity index (χ0v) is 25.9. The maximum absolute atomic E-state index is 10.7. The molecule has 0 radical (unpaired) electrons. The second-order valence-electron chi connectivity index (χ2n) is 11.7. The SMILES string of the molecule is CCC(O)COc1ccc(C(C)(C)c2ccc(OCC(O)CN(CC3CO3)c3ccccc3)cc2)cc1.CNCC1CO1. The van der Waals surface area contributed by atoms with E-state index in [4.69, 9.17) is 18.9 Å². The van der Waals surface area contributed by atoms with Crippen LogP contribution < -0.4 is 19.7 Å². The van der Waals surface area contributed by atoms with Gasteiger partial charge in [-0.15, -0.1) is 0 Å². The van der Waals surface area contributed by atoms with Crippen LogP contribution in [0.3, 0.4) is 0 Å². The number of likely N-dealkylation sites (N-methyl/N-ethyl adjacent to an activating group) is 1. The summed E-state index contributed by atoms with van der Waals surface area (Å²) >= 11 is 0. The Kier molecular flexibility index (Phi) is 12.3. The molecule has 0 aliphatic carbocycles. The van der Waals surface area contributed by atoms with E-state index in [1.54, 1.807) is 0 Å². The molecule has 2 fully saturated rings. The third-order valence-electron chi connectivity index (χ3n) is 7.72. The molecule has 2 aliphatic heterocycles. The van der Waals surface area contributed by atoms with E-state index in [9.17, 15) is 10.2 Å². The maximum atomic E-state index is 10.7. The molecule has 3 aromatic carbocycles. The summed E-state index contributed by atoms with van der Waals surface area (Å²) in [5.74, 6) is 1.48. The highest BCUT2D eigenvalue weighted by Crippen LogP contribution is 2.33. The molecule has 2 saturated heterocycles. The van der Waals surface area contributed by atoms with Gasteiger partial charge in [0.05, 0.1) is 31.5 Å². The molecule has 2 aliphatic rings. The number of aliphatic hydroxyl groups is 2. The molecule has 8 heteroatoms. The van der Waals surface area contributed by atoms with Crippen molar-refractivity contribution in [2.24, 2.45) is 0 Å². The molecule has 3 aromatic rings. The number of epoxide rings is 2. The monoisotopic (exact) mass is 592 g/mol. The molecule has 0 saturated carbocycles. The van der Waals surface area contributed by atoms with Crippen molar-refractivity contribution in [2.45, 2.75) is 57.0 Å². The summed E-state index contributed by atoms with van der Waals surface area (Å²) in [6.45, 7) is 10.8. The number of anilines is 1. The van der Waals surface area contributed by atoms with Gasteiger partial charge in [-0.25, -0.2) is 0 Å². The average Bonchev–Trinajstić information content (AvgIpc) is 3.97. The van der Waals surface area contributed by atoms with Crippen LogP contribution in [0.1, 0.15) is 38.3 Å². The Morgan fingerprint density at radius 2 is 1.33 bits per heavy atom. The number of para-hydroxylation sites is 1. The predicted octanol–water partition coefficient (Wildman–Crippen LogP) is 4.41. The van der Waals surface area contributed by atoms with Crippen LogP contribution in [0.2, 0.25) is 0 Å². The molecule has 5 rings (SSSR count). The smallest absolute Gasteiger partial charge is 0.119 e. The Balaban J connectivity index is 0.000000628. The minimum Gasteiger partial charge on any atom is -0.491 e. The van der Waals surface area contributed by atoms with Gasteiger partial charge in [0.15, 0.2) is 0 Å². The first kappa shape index (κ1) is 32.8. The topological polar surface area (TPSA) is 99.2 Å². The molecule has 2 heterocycles. The van der Waals surface area contributed by atoms with Crippen molar-refractivity contribution < 1.29 is 29.2 Å². The van der Waals surface area contributed by atoms with E-state index in [-0.39, 0.29) is 18.1 Å². The van der Waals surface area contributed by atoms with E-state index in [1.165, 1.54) is 5.56 Å². The minimum absolute atomic E-state index is 0.208. The van der Waals surface area contributed by atoms with Crippen molar-refractivity contribution in [1.82, 2.24) is 5.32 Å². The van der Waals surface area contributed by atoms with Crippen LogP contribution in [0.5, 0.6) is 11.5 Å². The van der Waals surface area contributed by atoms with E-state index in [1.807, 2.05) is 68.6 Å². The first-order chi connectivity index (χ1) is 20.8. The van der Waals surface area contributed by atoms with Gasteiger partial charge in [0.25, 0.3) is 0 Å². The fourth-order valence-corrected chi connectivity index (χ4v) is 4.67. The fraction of sp³-hybridized carbons (Fsp3) is 0.486. The number of benzene rings is 3. The van der Waals surface area contributed by atoms with Crippen LogP contribution in [-0.4, -0.2) is 87.7 Å².